The quantitative estimate of drug-likeness (QED) is 0.729. The summed E-state index contributed by atoms with van der Waals surface area (Å²) in [4.78, 5) is 38.7. The lowest BCUT2D eigenvalue weighted by Crippen LogP contribution is -2.35. The summed E-state index contributed by atoms with van der Waals surface area (Å²) < 4.78 is 0. The van der Waals surface area contributed by atoms with Gasteiger partial charge in [-0.1, -0.05) is 42.8 Å². The molecular weight excluding hydrogens is 340 g/mol. The first kappa shape index (κ1) is 20.1. The molecule has 0 aliphatic heterocycles. The van der Waals surface area contributed by atoms with Gasteiger partial charge in [-0.25, -0.2) is 0 Å². The summed E-state index contributed by atoms with van der Waals surface area (Å²) in [5, 5.41) is 2.62. The minimum atomic E-state index is -0.390. The summed E-state index contributed by atoms with van der Waals surface area (Å²) >= 11 is 0. The van der Waals surface area contributed by atoms with Crippen LogP contribution in [-0.4, -0.2) is 30.7 Å². The third-order valence-corrected chi connectivity index (χ3v) is 4.10. The van der Waals surface area contributed by atoms with Crippen molar-refractivity contribution in [2.24, 2.45) is 0 Å². The topological polar surface area (TPSA) is 66.5 Å². The van der Waals surface area contributed by atoms with E-state index in [0.717, 1.165) is 5.56 Å². The fourth-order valence-corrected chi connectivity index (χ4v) is 2.65. The van der Waals surface area contributed by atoms with E-state index in [0.29, 0.717) is 23.2 Å². The van der Waals surface area contributed by atoms with E-state index >= 15 is 0 Å². The van der Waals surface area contributed by atoms with Gasteiger partial charge in [0.25, 0.3) is 11.8 Å². The molecule has 2 amide bonds. The van der Waals surface area contributed by atoms with E-state index in [1.807, 2.05) is 19.1 Å². The van der Waals surface area contributed by atoms with Crippen molar-refractivity contribution >= 4 is 23.3 Å². The van der Waals surface area contributed by atoms with Crippen molar-refractivity contribution in [1.82, 2.24) is 5.32 Å². The molecule has 2 rings (SSSR count). The Balaban J connectivity index is 2.37. The third-order valence-electron chi connectivity index (χ3n) is 4.10. The van der Waals surface area contributed by atoms with E-state index in [1.165, 1.54) is 4.90 Å². The molecule has 2 aromatic carbocycles. The predicted octanol–water partition coefficient (Wildman–Crippen LogP) is 3.54. The summed E-state index contributed by atoms with van der Waals surface area (Å²) in [5.41, 5.74) is 2.33. The number of ketones is 1. The van der Waals surface area contributed by atoms with E-state index in [2.05, 4.69) is 11.9 Å². The number of nitrogens with one attached hydrogen (secondary N) is 1. The van der Waals surface area contributed by atoms with Gasteiger partial charge in [0.1, 0.15) is 0 Å². The maximum atomic E-state index is 13.1. The van der Waals surface area contributed by atoms with Gasteiger partial charge in [0, 0.05) is 18.5 Å². The zero-order valence-electron chi connectivity index (χ0n) is 15.7. The first-order valence-electron chi connectivity index (χ1n) is 8.86. The van der Waals surface area contributed by atoms with Gasteiger partial charge in [0.2, 0.25) is 0 Å². The van der Waals surface area contributed by atoms with Crippen LogP contribution in [0.2, 0.25) is 0 Å². The Morgan fingerprint density at radius 1 is 1.11 bits per heavy atom. The van der Waals surface area contributed by atoms with Gasteiger partial charge in [-0.2, -0.15) is 0 Å². The molecule has 27 heavy (non-hydrogen) atoms. The third kappa shape index (κ3) is 5.14. The molecule has 0 aliphatic rings. The van der Waals surface area contributed by atoms with E-state index in [-0.39, 0.29) is 24.8 Å². The number of rotatable bonds is 8. The Morgan fingerprint density at radius 3 is 2.52 bits per heavy atom. The van der Waals surface area contributed by atoms with E-state index < -0.39 is 5.91 Å². The fraction of sp³-hybridized carbons (Fsp3) is 0.227. The number of amides is 2. The molecule has 0 saturated heterocycles. The molecule has 1 N–H and O–H groups in total. The van der Waals surface area contributed by atoms with Gasteiger partial charge in [0.15, 0.2) is 5.78 Å². The van der Waals surface area contributed by atoms with Crippen LogP contribution in [0.3, 0.4) is 0 Å². The normalized spacial score (nSPS) is 10.1. The van der Waals surface area contributed by atoms with Gasteiger partial charge in [-0.3, -0.25) is 14.4 Å². The standard InChI is InChI=1S/C22H24N2O3/c1-4-13-24(22(27)17-10-8-9-16(3)14-17)20-12-7-6-11-19(20)21(26)23-15-18(25)5-2/h4,6-12,14H,1,5,13,15H2,2-3H3,(H,23,26). The summed E-state index contributed by atoms with van der Waals surface area (Å²) in [6.07, 6.45) is 1.97. The zero-order valence-corrected chi connectivity index (χ0v) is 15.7. The van der Waals surface area contributed by atoms with Crippen molar-refractivity contribution in [2.75, 3.05) is 18.0 Å². The molecule has 0 saturated carbocycles. The molecule has 140 valence electrons. The molecule has 5 heteroatoms. The van der Waals surface area contributed by atoms with Gasteiger partial charge < -0.3 is 10.2 Å². The average Bonchev–Trinajstić information content (AvgIpc) is 2.69. The lowest BCUT2D eigenvalue weighted by molar-refractivity contribution is -0.117. The van der Waals surface area contributed by atoms with Gasteiger partial charge in [-0.05, 0) is 31.2 Å². The molecule has 2 aromatic rings. The zero-order chi connectivity index (χ0) is 19.8. The van der Waals surface area contributed by atoms with E-state index in [1.54, 1.807) is 49.4 Å². The van der Waals surface area contributed by atoms with Crippen molar-refractivity contribution in [3.63, 3.8) is 0 Å². The molecule has 0 aromatic heterocycles. The second kappa shape index (κ2) is 9.48. The van der Waals surface area contributed by atoms with Crippen LogP contribution in [0.25, 0.3) is 0 Å². The molecular formula is C22H24N2O3. The van der Waals surface area contributed by atoms with Crippen molar-refractivity contribution < 1.29 is 14.4 Å². The molecule has 0 heterocycles. The molecule has 0 aliphatic carbocycles. The minimum Gasteiger partial charge on any atom is -0.345 e. The maximum Gasteiger partial charge on any atom is 0.258 e. The Bertz CT molecular complexity index is 858. The molecule has 5 nitrogen and oxygen atoms in total. The SMILES string of the molecule is C=CCN(C(=O)c1cccc(C)c1)c1ccccc1C(=O)NCC(=O)CC. The Hall–Kier alpha value is -3.21. The predicted molar refractivity (Wildman–Crippen MR) is 107 cm³/mol. The number of carbonyl (C=O) groups is 3. The molecule has 0 radical (unpaired) electrons. The monoisotopic (exact) mass is 364 g/mol. The average molecular weight is 364 g/mol. The van der Waals surface area contributed by atoms with Crippen LogP contribution in [0.1, 0.15) is 39.6 Å². The van der Waals surface area contributed by atoms with Crippen molar-refractivity contribution in [3.8, 4) is 0 Å². The van der Waals surface area contributed by atoms with Gasteiger partial charge >= 0.3 is 0 Å². The van der Waals surface area contributed by atoms with Crippen molar-refractivity contribution in [3.05, 3.63) is 77.9 Å². The second-order valence-electron chi connectivity index (χ2n) is 6.17. The highest BCUT2D eigenvalue weighted by Gasteiger charge is 2.22. The summed E-state index contributed by atoms with van der Waals surface area (Å²) in [6.45, 7) is 7.61. The number of hydrogen-bond acceptors (Lipinski definition) is 3. The molecule has 0 atom stereocenters. The second-order valence-corrected chi connectivity index (χ2v) is 6.17. The van der Waals surface area contributed by atoms with Crippen LogP contribution >= 0.6 is 0 Å². The molecule has 0 fully saturated rings. The van der Waals surface area contributed by atoms with Crippen LogP contribution in [0.5, 0.6) is 0 Å². The van der Waals surface area contributed by atoms with Crippen molar-refractivity contribution in [2.45, 2.75) is 20.3 Å². The smallest absolute Gasteiger partial charge is 0.258 e. The summed E-state index contributed by atoms with van der Waals surface area (Å²) in [7, 11) is 0. The number of benzene rings is 2. The summed E-state index contributed by atoms with van der Waals surface area (Å²) in [6, 6.07) is 14.1. The number of Topliss-reactive ketones (excluding diaryl/α,β-unsaturated/α-hetero) is 1. The number of aryl methyl sites for hydroxylation is 1. The minimum absolute atomic E-state index is 0.0308. The highest BCUT2D eigenvalue weighted by Crippen LogP contribution is 2.23. The fourth-order valence-electron chi connectivity index (χ4n) is 2.65. The summed E-state index contributed by atoms with van der Waals surface area (Å²) in [5.74, 6) is -0.665. The number of nitrogens with zero attached hydrogens (tertiary/aromatic N) is 1. The van der Waals surface area contributed by atoms with Crippen molar-refractivity contribution in [1.29, 1.82) is 0 Å². The number of para-hydroxylation sites is 1. The Morgan fingerprint density at radius 2 is 1.85 bits per heavy atom. The lowest BCUT2D eigenvalue weighted by Gasteiger charge is -2.24. The van der Waals surface area contributed by atoms with Gasteiger partial charge in [-0.15, -0.1) is 6.58 Å². The highest BCUT2D eigenvalue weighted by molar-refractivity contribution is 6.11. The molecule has 0 unspecified atom stereocenters. The first-order valence-corrected chi connectivity index (χ1v) is 8.86. The number of hydrogen-bond donors (Lipinski definition) is 1. The van der Waals surface area contributed by atoms with Crippen LogP contribution in [0.15, 0.2) is 61.2 Å². The highest BCUT2D eigenvalue weighted by atomic mass is 16.2. The van der Waals surface area contributed by atoms with Gasteiger partial charge in [0.05, 0.1) is 17.8 Å². The molecule has 0 bridgehead atoms. The first-order chi connectivity index (χ1) is 13.0. The molecule has 0 spiro atoms. The maximum absolute atomic E-state index is 13.1. The Kier molecular flexibility index (Phi) is 7.06. The Labute approximate surface area is 159 Å². The largest absolute Gasteiger partial charge is 0.345 e. The number of carbonyl (C=O) groups excluding carboxylic acids is 3. The van der Waals surface area contributed by atoms with Crippen LogP contribution in [0.4, 0.5) is 5.69 Å². The number of anilines is 1. The van der Waals surface area contributed by atoms with E-state index in [9.17, 15) is 14.4 Å². The van der Waals surface area contributed by atoms with Crippen LogP contribution in [-0.2, 0) is 4.79 Å². The van der Waals surface area contributed by atoms with Crippen LogP contribution < -0.4 is 10.2 Å². The van der Waals surface area contributed by atoms with E-state index in [4.69, 9.17) is 0 Å². The lowest BCUT2D eigenvalue weighted by atomic mass is 10.1. The van der Waals surface area contributed by atoms with Crippen LogP contribution in [0, 0.1) is 6.92 Å².